The first-order valence-corrected chi connectivity index (χ1v) is 10.1. The lowest BCUT2D eigenvalue weighted by molar-refractivity contribution is 0.306. The zero-order valence-electron chi connectivity index (χ0n) is 16.8. The van der Waals surface area contributed by atoms with Gasteiger partial charge in [-0.3, -0.25) is 4.98 Å². The molecule has 2 heterocycles. The van der Waals surface area contributed by atoms with Gasteiger partial charge in [0.05, 0.1) is 12.2 Å². The number of halogens is 1. The molecule has 2 aromatic rings. The SMILES string of the molecule is CCc1nncn1CCNC(=NCc1ccccn1)NC1CCCCC1C.I. The fourth-order valence-electron chi connectivity index (χ4n) is 3.54. The number of aryl methyl sites for hydroxylation is 1. The minimum Gasteiger partial charge on any atom is -0.355 e. The van der Waals surface area contributed by atoms with Crippen molar-refractivity contribution in [1.82, 2.24) is 30.4 Å². The molecule has 2 N–H and O–H groups in total. The molecule has 0 amide bonds. The molecule has 2 atom stereocenters. The average molecular weight is 497 g/mol. The van der Waals surface area contributed by atoms with Crippen LogP contribution in [0.4, 0.5) is 0 Å². The Kier molecular flexibility index (Phi) is 9.66. The van der Waals surface area contributed by atoms with Crippen molar-refractivity contribution in [3.05, 3.63) is 42.2 Å². The third kappa shape index (κ3) is 6.72. The highest BCUT2D eigenvalue weighted by atomic mass is 127. The van der Waals surface area contributed by atoms with E-state index in [9.17, 15) is 0 Å². The molecule has 0 radical (unpaired) electrons. The first-order chi connectivity index (χ1) is 13.3. The lowest BCUT2D eigenvalue weighted by atomic mass is 9.86. The molecule has 154 valence electrons. The van der Waals surface area contributed by atoms with Gasteiger partial charge in [0.2, 0.25) is 0 Å². The number of aliphatic imine (C=N–C) groups is 1. The number of pyridine rings is 1. The Balaban J connectivity index is 0.00000280. The van der Waals surface area contributed by atoms with Crippen molar-refractivity contribution in [3.8, 4) is 0 Å². The van der Waals surface area contributed by atoms with Gasteiger partial charge >= 0.3 is 0 Å². The van der Waals surface area contributed by atoms with Crippen molar-refractivity contribution in [2.45, 2.75) is 65.1 Å². The summed E-state index contributed by atoms with van der Waals surface area (Å²) in [6, 6.07) is 6.42. The fourth-order valence-corrected chi connectivity index (χ4v) is 3.54. The second-order valence-corrected chi connectivity index (χ2v) is 7.22. The number of aromatic nitrogens is 4. The summed E-state index contributed by atoms with van der Waals surface area (Å²) in [7, 11) is 0. The van der Waals surface area contributed by atoms with Crippen molar-refractivity contribution >= 4 is 29.9 Å². The summed E-state index contributed by atoms with van der Waals surface area (Å²) in [5, 5.41) is 15.3. The monoisotopic (exact) mass is 497 g/mol. The molecule has 1 aliphatic carbocycles. The molecule has 0 spiro atoms. The smallest absolute Gasteiger partial charge is 0.191 e. The quantitative estimate of drug-likeness (QED) is 0.349. The Morgan fingerprint density at radius 3 is 2.89 bits per heavy atom. The summed E-state index contributed by atoms with van der Waals surface area (Å²) in [6.07, 6.45) is 9.60. The van der Waals surface area contributed by atoms with Crippen LogP contribution in [0, 0.1) is 5.92 Å². The molecular formula is C20H32IN7. The van der Waals surface area contributed by atoms with Crippen LogP contribution in [0.25, 0.3) is 0 Å². The normalized spacial score (nSPS) is 19.7. The number of nitrogens with one attached hydrogen (secondary N) is 2. The number of nitrogens with zero attached hydrogens (tertiary/aromatic N) is 5. The summed E-state index contributed by atoms with van der Waals surface area (Å²) in [4.78, 5) is 9.15. The van der Waals surface area contributed by atoms with Gasteiger partial charge in [-0.1, -0.05) is 32.8 Å². The molecule has 2 aromatic heterocycles. The molecule has 1 fully saturated rings. The first-order valence-electron chi connectivity index (χ1n) is 10.1. The van der Waals surface area contributed by atoms with Gasteiger partial charge in [0.15, 0.2) is 5.96 Å². The lowest BCUT2D eigenvalue weighted by Gasteiger charge is -2.31. The molecule has 2 unspecified atom stereocenters. The van der Waals surface area contributed by atoms with Gasteiger partial charge < -0.3 is 15.2 Å². The number of rotatable bonds is 7. The number of hydrogen-bond acceptors (Lipinski definition) is 4. The predicted molar refractivity (Wildman–Crippen MR) is 123 cm³/mol. The van der Waals surface area contributed by atoms with Crippen LogP contribution in [0.5, 0.6) is 0 Å². The molecule has 7 nitrogen and oxygen atoms in total. The van der Waals surface area contributed by atoms with Crippen molar-refractivity contribution in [1.29, 1.82) is 0 Å². The zero-order valence-corrected chi connectivity index (χ0v) is 19.2. The van der Waals surface area contributed by atoms with E-state index in [0.717, 1.165) is 37.0 Å². The highest BCUT2D eigenvalue weighted by molar-refractivity contribution is 14.0. The van der Waals surface area contributed by atoms with Crippen molar-refractivity contribution in [3.63, 3.8) is 0 Å². The molecular weight excluding hydrogens is 465 g/mol. The summed E-state index contributed by atoms with van der Waals surface area (Å²) in [5.74, 6) is 2.55. The van der Waals surface area contributed by atoms with E-state index in [1.54, 1.807) is 6.33 Å². The Hall–Kier alpha value is -1.71. The van der Waals surface area contributed by atoms with E-state index >= 15 is 0 Å². The van der Waals surface area contributed by atoms with Gasteiger partial charge in [-0.2, -0.15) is 0 Å². The lowest BCUT2D eigenvalue weighted by Crippen LogP contribution is -2.47. The maximum Gasteiger partial charge on any atom is 0.191 e. The summed E-state index contributed by atoms with van der Waals surface area (Å²) in [5.41, 5.74) is 0.974. The van der Waals surface area contributed by atoms with Crippen LogP contribution in [-0.4, -0.2) is 38.3 Å². The molecule has 0 bridgehead atoms. The van der Waals surface area contributed by atoms with E-state index in [4.69, 9.17) is 4.99 Å². The molecule has 28 heavy (non-hydrogen) atoms. The topological polar surface area (TPSA) is 80.0 Å². The molecule has 0 aromatic carbocycles. The van der Waals surface area contributed by atoms with Gasteiger partial charge in [-0.15, -0.1) is 34.2 Å². The Morgan fingerprint density at radius 1 is 1.29 bits per heavy atom. The first kappa shape index (κ1) is 22.6. The van der Waals surface area contributed by atoms with E-state index in [1.807, 2.05) is 24.4 Å². The molecule has 0 saturated heterocycles. The van der Waals surface area contributed by atoms with Crippen molar-refractivity contribution < 1.29 is 0 Å². The summed E-state index contributed by atoms with van der Waals surface area (Å²) < 4.78 is 2.09. The van der Waals surface area contributed by atoms with Crippen LogP contribution in [-0.2, 0) is 19.5 Å². The molecule has 8 heteroatoms. The highest BCUT2D eigenvalue weighted by Crippen LogP contribution is 2.23. The van der Waals surface area contributed by atoms with Crippen LogP contribution in [0.1, 0.15) is 51.0 Å². The minimum atomic E-state index is 0. The standard InChI is InChI=1S/C20H31N7.HI/c1-3-19-26-24-15-27(19)13-12-22-20(23-14-17-9-6-7-11-21-17)25-18-10-5-4-8-16(18)2;/h6-7,9,11,15-16,18H,3-5,8,10,12-14H2,1-2H3,(H2,22,23,25);1H. The third-order valence-corrected chi connectivity index (χ3v) is 5.22. The van der Waals surface area contributed by atoms with Crippen LogP contribution < -0.4 is 10.6 Å². The van der Waals surface area contributed by atoms with Crippen LogP contribution >= 0.6 is 24.0 Å². The second-order valence-electron chi connectivity index (χ2n) is 7.22. The van der Waals surface area contributed by atoms with Gasteiger partial charge in [0.25, 0.3) is 0 Å². The van der Waals surface area contributed by atoms with Gasteiger partial charge in [0.1, 0.15) is 12.2 Å². The predicted octanol–water partition coefficient (Wildman–Crippen LogP) is 3.17. The Labute approximate surface area is 184 Å². The van der Waals surface area contributed by atoms with E-state index in [1.165, 1.54) is 25.7 Å². The fraction of sp³-hybridized carbons (Fsp3) is 0.600. The number of hydrogen-bond donors (Lipinski definition) is 2. The molecule has 3 rings (SSSR count). The van der Waals surface area contributed by atoms with Crippen LogP contribution in [0.15, 0.2) is 35.7 Å². The van der Waals surface area contributed by atoms with Gasteiger partial charge in [-0.25, -0.2) is 4.99 Å². The van der Waals surface area contributed by atoms with Gasteiger partial charge in [0, 0.05) is 31.7 Å². The zero-order chi connectivity index (χ0) is 18.9. The van der Waals surface area contributed by atoms with E-state index in [0.29, 0.717) is 18.5 Å². The van der Waals surface area contributed by atoms with Crippen LogP contribution in [0.3, 0.4) is 0 Å². The molecule has 1 saturated carbocycles. The maximum atomic E-state index is 4.78. The number of guanidine groups is 1. The Morgan fingerprint density at radius 2 is 2.14 bits per heavy atom. The highest BCUT2D eigenvalue weighted by Gasteiger charge is 2.22. The second kappa shape index (κ2) is 12.0. The maximum absolute atomic E-state index is 4.78. The summed E-state index contributed by atoms with van der Waals surface area (Å²) in [6.45, 7) is 6.60. The molecule has 0 aliphatic heterocycles. The van der Waals surface area contributed by atoms with Crippen LogP contribution in [0.2, 0.25) is 0 Å². The van der Waals surface area contributed by atoms with E-state index < -0.39 is 0 Å². The van der Waals surface area contributed by atoms with E-state index in [-0.39, 0.29) is 24.0 Å². The average Bonchev–Trinajstić information content (AvgIpc) is 3.16. The van der Waals surface area contributed by atoms with E-state index in [2.05, 4.69) is 44.2 Å². The van der Waals surface area contributed by atoms with Gasteiger partial charge in [-0.05, 0) is 30.9 Å². The largest absolute Gasteiger partial charge is 0.355 e. The van der Waals surface area contributed by atoms with Crippen molar-refractivity contribution in [2.24, 2.45) is 10.9 Å². The third-order valence-electron chi connectivity index (χ3n) is 5.22. The minimum absolute atomic E-state index is 0. The van der Waals surface area contributed by atoms with Crippen molar-refractivity contribution in [2.75, 3.05) is 6.54 Å². The summed E-state index contributed by atoms with van der Waals surface area (Å²) >= 11 is 0. The Bertz CT molecular complexity index is 716. The molecule has 1 aliphatic rings.